The van der Waals surface area contributed by atoms with Gasteiger partial charge < -0.3 is 33.7 Å². The number of hydrogen-bond donors (Lipinski definition) is 0. The van der Waals surface area contributed by atoms with Gasteiger partial charge in [0.2, 0.25) is 0 Å². The predicted molar refractivity (Wildman–Crippen MR) is 238 cm³/mol. The predicted octanol–water partition coefficient (Wildman–Crippen LogP) is 3.16. The second kappa shape index (κ2) is 23.9. The van der Waals surface area contributed by atoms with E-state index in [-0.39, 0.29) is 61.8 Å². The molecule has 0 aliphatic heterocycles. The maximum atomic E-state index is 6.11. The minimum absolute atomic E-state index is 0. The van der Waals surface area contributed by atoms with Gasteiger partial charge >= 0.3 is 45.7 Å². The molecule has 0 N–H and O–H groups in total. The van der Waals surface area contributed by atoms with Crippen molar-refractivity contribution in [3.63, 3.8) is 0 Å². The SMILES string of the molecule is CC(C)(C)c1ccccc1[Si]Oc1cc2c([cH-]1)CCCC2.CC(C)(C)c1ccccc1[Si]Oc1cc2c([cH-]1)CCCC2.[Cl-].[Cl-].[Zr+4].c1ccc([Si]c2ccccc2)cc1. The molecule has 58 heavy (non-hydrogen) atoms. The van der Waals surface area contributed by atoms with E-state index < -0.39 is 0 Å². The molecule has 0 bridgehead atoms. The molecule has 2 aliphatic carbocycles. The first kappa shape index (κ1) is 49.7. The number of fused-ring (bicyclic) bond motifs is 2. The zero-order valence-corrected chi connectivity index (χ0v) is 41.9. The van der Waals surface area contributed by atoms with Gasteiger partial charge in [0.25, 0.3) is 0 Å². The van der Waals surface area contributed by atoms with Crippen molar-refractivity contribution in [3.8, 4) is 11.5 Å². The van der Waals surface area contributed by atoms with E-state index in [0.29, 0.717) is 19.5 Å². The van der Waals surface area contributed by atoms with Gasteiger partial charge in [0, 0.05) is 0 Å². The van der Waals surface area contributed by atoms with Crippen molar-refractivity contribution in [1.82, 2.24) is 0 Å². The summed E-state index contributed by atoms with van der Waals surface area (Å²) in [6.45, 7) is 13.6. The molecule has 0 aromatic heterocycles. The van der Waals surface area contributed by atoms with Crippen LogP contribution in [0.25, 0.3) is 0 Å². The maximum absolute atomic E-state index is 6.11. The van der Waals surface area contributed by atoms with Gasteiger partial charge in [-0.2, -0.15) is 34.4 Å². The summed E-state index contributed by atoms with van der Waals surface area (Å²) in [7, 11) is 1.55. The normalized spacial score (nSPS) is 12.9. The molecule has 2 aliphatic rings. The third kappa shape index (κ3) is 14.8. The van der Waals surface area contributed by atoms with Crippen LogP contribution in [0, 0.1) is 0 Å². The molecule has 0 atom stereocenters. The molecular formula is C50H56Cl2O2Si3Zr. The summed E-state index contributed by atoms with van der Waals surface area (Å²) in [5.74, 6) is 2.12. The average molecular weight is 935 g/mol. The second-order valence-corrected chi connectivity index (χ2v) is 20.1. The van der Waals surface area contributed by atoms with Crippen LogP contribution in [0.3, 0.4) is 0 Å². The summed E-state index contributed by atoms with van der Waals surface area (Å²) in [6.07, 6.45) is 10.2. The Labute approximate surface area is 388 Å². The quantitative estimate of drug-likeness (QED) is 0.173. The summed E-state index contributed by atoms with van der Waals surface area (Å²) in [4.78, 5) is 0. The third-order valence-electron chi connectivity index (χ3n) is 10.2. The second-order valence-electron chi connectivity index (χ2n) is 16.8. The Bertz CT molecular complexity index is 1890. The number of aryl methyl sites for hydroxylation is 4. The first-order chi connectivity index (χ1) is 26.5. The van der Waals surface area contributed by atoms with Crippen molar-refractivity contribution in [1.29, 1.82) is 0 Å². The standard InChI is InChI=1S/2C19H23OSi.C12H10Si.2ClH.Zr/c2*1-19(2,3)17-10-6-7-11-18(17)21-20-16-12-14-8-4-5-9-15(14)13-16;1-3-7-11(8-4-1)13-12-9-5-2-6-10-12;;;/h2*6-7,10-13H,4-5,8-9H2,1-3H3;1-10H;2*1H;/q2*-1;;;;+4/p-2. The fourth-order valence-corrected chi connectivity index (χ4v) is 10.5. The first-order valence-electron chi connectivity index (χ1n) is 20.0. The molecule has 0 heterocycles. The van der Waals surface area contributed by atoms with Crippen molar-refractivity contribution in [2.45, 2.75) is 104 Å². The van der Waals surface area contributed by atoms with Gasteiger partial charge in [0.05, 0.1) is 0 Å². The first-order valence-corrected chi connectivity index (χ1v) is 22.8. The Morgan fingerprint density at radius 2 is 0.810 bits per heavy atom. The number of hydrogen-bond acceptors (Lipinski definition) is 2. The number of rotatable bonds is 8. The van der Waals surface area contributed by atoms with E-state index in [1.165, 1.54) is 105 Å². The van der Waals surface area contributed by atoms with Crippen molar-refractivity contribution in [3.05, 3.63) is 167 Å². The smallest absolute Gasteiger partial charge is 1.00 e. The molecular weight excluding hydrogens is 879 g/mol. The van der Waals surface area contributed by atoms with Crippen LogP contribution in [0.1, 0.15) is 101 Å². The van der Waals surface area contributed by atoms with E-state index in [1.807, 2.05) is 0 Å². The summed E-state index contributed by atoms with van der Waals surface area (Å²) >= 11 is 0. The molecule has 0 saturated carbocycles. The van der Waals surface area contributed by atoms with Crippen molar-refractivity contribution in [2.24, 2.45) is 0 Å². The minimum atomic E-state index is 0. The summed E-state index contributed by atoms with van der Waals surface area (Å²) < 4.78 is 12.2. The fraction of sp³-hybridized carbons (Fsp3) is 0.320. The topological polar surface area (TPSA) is 18.5 Å². The summed E-state index contributed by atoms with van der Waals surface area (Å²) in [6, 6.07) is 47.5. The molecule has 6 radical (unpaired) electrons. The van der Waals surface area contributed by atoms with Gasteiger partial charge in [-0.25, -0.2) is 0 Å². The molecule has 6 aromatic rings. The number of halogens is 2. The summed E-state index contributed by atoms with van der Waals surface area (Å²) in [5, 5.41) is 5.44. The van der Waals surface area contributed by atoms with Gasteiger partial charge in [0.15, 0.2) is 0 Å². The Kier molecular flexibility index (Phi) is 20.5. The molecule has 2 nitrogen and oxygen atoms in total. The van der Waals surface area contributed by atoms with Crippen molar-refractivity contribution >= 4 is 49.8 Å². The maximum Gasteiger partial charge on any atom is 4.00 e. The Balaban J connectivity index is 0.000000233. The van der Waals surface area contributed by atoms with E-state index >= 15 is 0 Å². The molecule has 0 fully saturated rings. The van der Waals surface area contributed by atoms with Crippen LogP contribution in [0.5, 0.6) is 11.5 Å². The molecule has 0 unspecified atom stereocenters. The minimum Gasteiger partial charge on any atom is -1.00 e. The fourth-order valence-electron chi connectivity index (χ4n) is 7.34. The number of benzene rings is 4. The van der Waals surface area contributed by atoms with E-state index in [0.717, 1.165) is 21.0 Å². The monoisotopic (exact) mass is 932 g/mol. The van der Waals surface area contributed by atoms with Gasteiger partial charge in [0.1, 0.15) is 9.52 Å². The van der Waals surface area contributed by atoms with Crippen LogP contribution in [-0.4, -0.2) is 29.0 Å². The van der Waals surface area contributed by atoms with E-state index in [4.69, 9.17) is 8.85 Å². The van der Waals surface area contributed by atoms with Gasteiger partial charge in [-0.05, 0) is 43.8 Å². The van der Waals surface area contributed by atoms with Crippen LogP contribution in [0.2, 0.25) is 0 Å². The van der Waals surface area contributed by atoms with Crippen molar-refractivity contribution < 1.29 is 59.9 Å². The van der Waals surface area contributed by atoms with Crippen LogP contribution in [-0.2, 0) is 62.7 Å². The molecule has 6 aromatic carbocycles. The summed E-state index contributed by atoms with van der Waals surface area (Å²) in [5.41, 5.74) is 9.13. The molecule has 8 rings (SSSR count). The largest absolute Gasteiger partial charge is 4.00 e. The molecule has 298 valence electrons. The molecule has 8 heteroatoms. The molecule has 0 amide bonds. The van der Waals surface area contributed by atoms with Crippen LogP contribution < -0.4 is 54.4 Å². The van der Waals surface area contributed by atoms with Gasteiger partial charge in [-0.3, -0.25) is 0 Å². The van der Waals surface area contributed by atoms with E-state index in [1.54, 1.807) is 0 Å². The van der Waals surface area contributed by atoms with Gasteiger partial charge in [-0.15, -0.1) is 12.1 Å². The van der Waals surface area contributed by atoms with Crippen molar-refractivity contribution in [2.75, 3.05) is 0 Å². The van der Waals surface area contributed by atoms with Crippen LogP contribution in [0.15, 0.2) is 133 Å². The van der Waals surface area contributed by atoms with Gasteiger partial charge in [-0.1, -0.05) is 212 Å². The molecule has 0 saturated heterocycles. The Hall–Kier alpha value is -2.71. The Morgan fingerprint density at radius 1 is 0.466 bits per heavy atom. The van der Waals surface area contributed by atoms with Crippen LogP contribution >= 0.6 is 0 Å². The molecule has 0 spiro atoms. The zero-order valence-electron chi connectivity index (χ0n) is 34.9. The zero-order chi connectivity index (χ0) is 38.7. The van der Waals surface area contributed by atoms with E-state index in [2.05, 4.69) is 175 Å². The third-order valence-corrected chi connectivity index (χ3v) is 13.5. The van der Waals surface area contributed by atoms with E-state index in [9.17, 15) is 0 Å². The average Bonchev–Trinajstić information content (AvgIpc) is 3.81. The Morgan fingerprint density at radius 3 is 1.17 bits per heavy atom. The van der Waals surface area contributed by atoms with Crippen LogP contribution in [0.4, 0.5) is 0 Å².